The number of ether oxygens (including phenoxy) is 1. The van der Waals surface area contributed by atoms with E-state index in [2.05, 4.69) is 22.6 Å². The standard InChI is InChI=1S/C12H18N2OS/c1-8-2-5-11(15-8)12-14-10(7-16-12)6-13-9-3-4-9/h7-9,11,13H,2-6H2,1H3. The summed E-state index contributed by atoms with van der Waals surface area (Å²) >= 11 is 1.74. The van der Waals surface area contributed by atoms with Gasteiger partial charge in [0.1, 0.15) is 11.1 Å². The fourth-order valence-electron chi connectivity index (χ4n) is 2.07. The molecule has 4 heteroatoms. The molecule has 88 valence electrons. The lowest BCUT2D eigenvalue weighted by Gasteiger charge is -2.06. The molecule has 1 aliphatic carbocycles. The Labute approximate surface area is 100 Å². The van der Waals surface area contributed by atoms with E-state index in [1.165, 1.54) is 25.0 Å². The van der Waals surface area contributed by atoms with E-state index in [1.807, 2.05) is 0 Å². The van der Waals surface area contributed by atoms with Gasteiger partial charge in [0, 0.05) is 18.0 Å². The van der Waals surface area contributed by atoms with Crippen LogP contribution >= 0.6 is 11.3 Å². The Balaban J connectivity index is 1.58. The van der Waals surface area contributed by atoms with E-state index < -0.39 is 0 Å². The second-order valence-electron chi connectivity index (χ2n) is 4.84. The predicted molar refractivity (Wildman–Crippen MR) is 64.5 cm³/mol. The fourth-order valence-corrected chi connectivity index (χ4v) is 2.96. The largest absolute Gasteiger partial charge is 0.368 e. The molecule has 1 aromatic rings. The van der Waals surface area contributed by atoms with Gasteiger partial charge in [0.2, 0.25) is 0 Å². The first-order chi connectivity index (χ1) is 7.81. The van der Waals surface area contributed by atoms with Crippen LogP contribution in [0.25, 0.3) is 0 Å². The average Bonchev–Trinajstić information content (AvgIpc) is 2.81. The van der Waals surface area contributed by atoms with Crippen LogP contribution in [-0.4, -0.2) is 17.1 Å². The van der Waals surface area contributed by atoms with E-state index in [9.17, 15) is 0 Å². The molecule has 1 N–H and O–H groups in total. The van der Waals surface area contributed by atoms with Crippen molar-refractivity contribution in [2.75, 3.05) is 0 Å². The van der Waals surface area contributed by atoms with Gasteiger partial charge in [-0.25, -0.2) is 4.98 Å². The van der Waals surface area contributed by atoms with Crippen LogP contribution in [0.2, 0.25) is 0 Å². The third kappa shape index (κ3) is 2.44. The topological polar surface area (TPSA) is 34.2 Å². The van der Waals surface area contributed by atoms with Crippen LogP contribution < -0.4 is 5.32 Å². The third-order valence-corrected chi connectivity index (χ3v) is 4.21. The van der Waals surface area contributed by atoms with E-state index in [0.29, 0.717) is 6.10 Å². The summed E-state index contributed by atoms with van der Waals surface area (Å²) in [7, 11) is 0. The maximum absolute atomic E-state index is 5.83. The second kappa shape index (κ2) is 4.43. The average molecular weight is 238 g/mol. The molecule has 1 saturated carbocycles. The summed E-state index contributed by atoms with van der Waals surface area (Å²) in [6.07, 6.45) is 5.63. The summed E-state index contributed by atoms with van der Waals surface area (Å²) in [5.74, 6) is 0. The lowest BCUT2D eigenvalue weighted by molar-refractivity contribution is 0.0553. The summed E-state index contributed by atoms with van der Waals surface area (Å²) in [5.41, 5.74) is 1.18. The summed E-state index contributed by atoms with van der Waals surface area (Å²) in [4.78, 5) is 4.66. The Kier molecular flexibility index (Phi) is 2.96. The van der Waals surface area contributed by atoms with E-state index in [0.717, 1.165) is 24.0 Å². The maximum Gasteiger partial charge on any atom is 0.122 e. The first-order valence-corrected chi connectivity index (χ1v) is 7.02. The molecule has 3 rings (SSSR count). The van der Waals surface area contributed by atoms with E-state index >= 15 is 0 Å². The van der Waals surface area contributed by atoms with Crippen LogP contribution in [0.4, 0.5) is 0 Å². The minimum Gasteiger partial charge on any atom is -0.368 e. The molecule has 16 heavy (non-hydrogen) atoms. The van der Waals surface area contributed by atoms with Crippen LogP contribution in [0.3, 0.4) is 0 Å². The van der Waals surface area contributed by atoms with Gasteiger partial charge in [0.15, 0.2) is 0 Å². The quantitative estimate of drug-likeness (QED) is 0.875. The van der Waals surface area contributed by atoms with Crippen molar-refractivity contribution in [1.29, 1.82) is 0 Å². The fraction of sp³-hybridized carbons (Fsp3) is 0.750. The molecule has 0 amide bonds. The highest BCUT2D eigenvalue weighted by atomic mass is 32.1. The van der Waals surface area contributed by atoms with Crippen LogP contribution in [-0.2, 0) is 11.3 Å². The number of thiazole rings is 1. The SMILES string of the molecule is CC1CCC(c2nc(CNC3CC3)cs2)O1. The first-order valence-electron chi connectivity index (χ1n) is 6.14. The Bertz CT molecular complexity index is 362. The molecule has 2 fully saturated rings. The van der Waals surface area contributed by atoms with E-state index in [1.54, 1.807) is 11.3 Å². The first kappa shape index (κ1) is 10.7. The number of hydrogen-bond acceptors (Lipinski definition) is 4. The third-order valence-electron chi connectivity index (χ3n) is 3.23. The number of rotatable bonds is 4. The highest BCUT2D eigenvalue weighted by Gasteiger charge is 2.26. The van der Waals surface area contributed by atoms with Gasteiger partial charge in [-0.05, 0) is 32.6 Å². The molecule has 0 radical (unpaired) electrons. The molecule has 1 aliphatic heterocycles. The zero-order chi connectivity index (χ0) is 11.0. The molecule has 0 spiro atoms. The Morgan fingerprint density at radius 1 is 1.44 bits per heavy atom. The molecule has 0 bridgehead atoms. The summed E-state index contributed by atoms with van der Waals surface area (Å²) < 4.78 is 5.83. The molecule has 2 aliphatic rings. The number of aromatic nitrogens is 1. The van der Waals surface area contributed by atoms with Crippen molar-refractivity contribution in [2.45, 2.75) is 57.4 Å². The van der Waals surface area contributed by atoms with Gasteiger partial charge in [-0.15, -0.1) is 11.3 Å². The zero-order valence-corrected chi connectivity index (χ0v) is 10.4. The molecule has 2 atom stereocenters. The molecule has 1 saturated heterocycles. The van der Waals surface area contributed by atoms with Gasteiger partial charge in [0.25, 0.3) is 0 Å². The van der Waals surface area contributed by atoms with Gasteiger partial charge in [0.05, 0.1) is 11.8 Å². The highest BCUT2D eigenvalue weighted by molar-refractivity contribution is 7.09. The second-order valence-corrected chi connectivity index (χ2v) is 5.73. The van der Waals surface area contributed by atoms with Crippen LogP contribution in [0, 0.1) is 0 Å². The van der Waals surface area contributed by atoms with E-state index in [-0.39, 0.29) is 6.10 Å². The summed E-state index contributed by atoms with van der Waals surface area (Å²) in [6, 6.07) is 0.757. The van der Waals surface area contributed by atoms with Crippen molar-refractivity contribution in [2.24, 2.45) is 0 Å². The van der Waals surface area contributed by atoms with Crippen molar-refractivity contribution in [1.82, 2.24) is 10.3 Å². The Morgan fingerprint density at radius 2 is 2.31 bits per heavy atom. The smallest absolute Gasteiger partial charge is 0.122 e. The summed E-state index contributed by atoms with van der Waals surface area (Å²) in [6.45, 7) is 3.06. The van der Waals surface area contributed by atoms with Gasteiger partial charge < -0.3 is 10.1 Å². The molecular weight excluding hydrogens is 220 g/mol. The van der Waals surface area contributed by atoms with Gasteiger partial charge in [-0.2, -0.15) is 0 Å². The normalized spacial score (nSPS) is 29.8. The highest BCUT2D eigenvalue weighted by Crippen LogP contribution is 2.34. The van der Waals surface area contributed by atoms with Crippen molar-refractivity contribution in [3.8, 4) is 0 Å². The van der Waals surface area contributed by atoms with Gasteiger partial charge in [-0.1, -0.05) is 0 Å². The molecule has 3 nitrogen and oxygen atoms in total. The molecule has 2 unspecified atom stereocenters. The number of nitrogens with one attached hydrogen (secondary N) is 1. The monoisotopic (exact) mass is 238 g/mol. The van der Waals surface area contributed by atoms with Crippen LogP contribution in [0.5, 0.6) is 0 Å². The molecule has 1 aromatic heterocycles. The van der Waals surface area contributed by atoms with Crippen molar-refractivity contribution in [3.05, 3.63) is 16.1 Å². The lowest BCUT2D eigenvalue weighted by Crippen LogP contribution is -2.15. The van der Waals surface area contributed by atoms with Gasteiger partial charge >= 0.3 is 0 Å². The Hall–Kier alpha value is -0.450. The predicted octanol–water partition coefficient (Wildman–Crippen LogP) is 2.64. The summed E-state index contributed by atoms with van der Waals surface area (Å²) in [5, 5.41) is 6.82. The number of hydrogen-bond donors (Lipinski definition) is 1. The van der Waals surface area contributed by atoms with E-state index in [4.69, 9.17) is 4.74 Å². The number of nitrogens with zero attached hydrogens (tertiary/aromatic N) is 1. The van der Waals surface area contributed by atoms with Crippen LogP contribution in [0.1, 0.15) is 49.4 Å². The molecule has 0 aromatic carbocycles. The zero-order valence-electron chi connectivity index (χ0n) is 9.61. The van der Waals surface area contributed by atoms with Crippen molar-refractivity contribution < 1.29 is 4.74 Å². The minimum absolute atomic E-state index is 0.259. The van der Waals surface area contributed by atoms with Crippen LogP contribution in [0.15, 0.2) is 5.38 Å². The van der Waals surface area contributed by atoms with Crippen molar-refractivity contribution in [3.63, 3.8) is 0 Å². The maximum atomic E-state index is 5.83. The lowest BCUT2D eigenvalue weighted by atomic mass is 10.2. The molecule has 2 heterocycles. The minimum atomic E-state index is 0.259. The van der Waals surface area contributed by atoms with Crippen molar-refractivity contribution >= 4 is 11.3 Å². The Morgan fingerprint density at radius 3 is 3.00 bits per heavy atom. The molecular formula is C12H18N2OS. The van der Waals surface area contributed by atoms with Gasteiger partial charge in [-0.3, -0.25) is 0 Å².